The Bertz CT molecular complexity index is 559. The highest BCUT2D eigenvalue weighted by Crippen LogP contribution is 2.16. The van der Waals surface area contributed by atoms with E-state index in [1.807, 2.05) is 44.3 Å². The number of rotatable bonds is 8. The molecular weight excluding hydrogens is 334 g/mol. The van der Waals surface area contributed by atoms with Crippen molar-refractivity contribution in [1.29, 1.82) is 0 Å². The number of carboxylic acids is 3. The fourth-order valence-corrected chi connectivity index (χ4v) is 1.81. The highest BCUT2D eigenvalue weighted by atomic mass is 16.4. The molecule has 0 aliphatic rings. The number of likely N-dealkylation sites (N-methyl/N-ethyl adjacent to an activating group) is 1. The first kappa shape index (κ1) is 22.5. The number of aliphatic hydroxyl groups is 2. The SMILES string of the molecule is CN[C@@H](C)[C@@H](O)c1ccccc1.O=C(O)CC(O)(CC(=O)O)C(=O)O. The fraction of sp³-hybridized carbons (Fsp3) is 0.438. The van der Waals surface area contributed by atoms with Gasteiger partial charge in [-0.25, -0.2) is 4.79 Å². The van der Waals surface area contributed by atoms with Gasteiger partial charge in [0.25, 0.3) is 0 Å². The van der Waals surface area contributed by atoms with Gasteiger partial charge in [-0.3, -0.25) is 9.59 Å². The molecule has 140 valence electrons. The van der Waals surface area contributed by atoms with E-state index in [-0.39, 0.29) is 6.04 Å². The maximum Gasteiger partial charge on any atom is 0.336 e. The zero-order valence-electron chi connectivity index (χ0n) is 13.9. The summed E-state index contributed by atoms with van der Waals surface area (Å²) in [5, 5.41) is 46.6. The van der Waals surface area contributed by atoms with Gasteiger partial charge in [-0.05, 0) is 19.5 Å². The quantitative estimate of drug-likeness (QED) is 0.378. The van der Waals surface area contributed by atoms with Crippen LogP contribution in [0.15, 0.2) is 30.3 Å². The predicted octanol–water partition coefficient (Wildman–Crippen LogP) is 0.0794. The first-order valence-electron chi connectivity index (χ1n) is 7.33. The number of benzene rings is 1. The Morgan fingerprint density at radius 3 is 1.80 bits per heavy atom. The molecule has 1 aromatic carbocycles. The molecule has 0 spiro atoms. The summed E-state index contributed by atoms with van der Waals surface area (Å²) in [5.41, 5.74) is -1.78. The first-order chi connectivity index (χ1) is 11.5. The van der Waals surface area contributed by atoms with Crippen LogP contribution in [0.4, 0.5) is 0 Å². The van der Waals surface area contributed by atoms with Crippen molar-refractivity contribution in [3.63, 3.8) is 0 Å². The summed E-state index contributed by atoms with van der Waals surface area (Å²) < 4.78 is 0. The van der Waals surface area contributed by atoms with Gasteiger partial charge in [0.05, 0.1) is 18.9 Å². The van der Waals surface area contributed by atoms with E-state index in [2.05, 4.69) is 5.32 Å². The second kappa shape index (κ2) is 10.4. The Morgan fingerprint density at radius 2 is 1.48 bits per heavy atom. The molecule has 9 heteroatoms. The van der Waals surface area contributed by atoms with E-state index in [9.17, 15) is 19.5 Å². The number of carbonyl (C=O) groups is 3. The van der Waals surface area contributed by atoms with Crippen LogP contribution in [0.25, 0.3) is 0 Å². The molecule has 0 fully saturated rings. The lowest BCUT2D eigenvalue weighted by atomic mass is 9.96. The summed E-state index contributed by atoms with van der Waals surface area (Å²) >= 11 is 0. The van der Waals surface area contributed by atoms with Crippen LogP contribution in [0.5, 0.6) is 0 Å². The molecule has 0 amide bonds. The molecule has 0 radical (unpaired) electrons. The van der Waals surface area contributed by atoms with Crippen molar-refractivity contribution in [2.24, 2.45) is 0 Å². The Hall–Kier alpha value is -2.49. The van der Waals surface area contributed by atoms with Crippen LogP contribution in [0.2, 0.25) is 0 Å². The van der Waals surface area contributed by atoms with Gasteiger partial charge in [-0.2, -0.15) is 0 Å². The van der Waals surface area contributed by atoms with Crippen LogP contribution < -0.4 is 5.32 Å². The lowest BCUT2D eigenvalue weighted by Crippen LogP contribution is -2.42. The molecule has 25 heavy (non-hydrogen) atoms. The van der Waals surface area contributed by atoms with Crippen molar-refractivity contribution in [2.75, 3.05) is 7.05 Å². The number of aliphatic hydroxyl groups excluding tert-OH is 1. The van der Waals surface area contributed by atoms with E-state index < -0.39 is 42.5 Å². The van der Waals surface area contributed by atoms with E-state index in [4.69, 9.17) is 20.4 Å². The van der Waals surface area contributed by atoms with Crippen LogP contribution in [0.1, 0.15) is 31.4 Å². The molecular formula is C16H23NO8. The summed E-state index contributed by atoms with van der Waals surface area (Å²) in [5.74, 6) is -5.02. The zero-order chi connectivity index (χ0) is 19.6. The maximum absolute atomic E-state index is 10.3. The van der Waals surface area contributed by atoms with E-state index in [1.54, 1.807) is 0 Å². The largest absolute Gasteiger partial charge is 0.481 e. The van der Waals surface area contributed by atoms with Crippen LogP contribution in [0, 0.1) is 0 Å². The Kier molecular flexibility index (Phi) is 9.36. The van der Waals surface area contributed by atoms with E-state index in [0.717, 1.165) is 5.56 Å². The molecule has 6 N–H and O–H groups in total. The molecule has 0 aliphatic carbocycles. The van der Waals surface area contributed by atoms with Crippen molar-refractivity contribution < 1.29 is 39.9 Å². The zero-order valence-corrected chi connectivity index (χ0v) is 13.9. The van der Waals surface area contributed by atoms with Gasteiger partial charge >= 0.3 is 17.9 Å². The van der Waals surface area contributed by atoms with Crippen molar-refractivity contribution >= 4 is 17.9 Å². The number of hydrogen-bond donors (Lipinski definition) is 6. The van der Waals surface area contributed by atoms with Crippen LogP contribution >= 0.6 is 0 Å². The molecule has 2 atom stereocenters. The summed E-state index contributed by atoms with van der Waals surface area (Å²) in [6.07, 6.45) is -2.71. The third kappa shape index (κ3) is 8.25. The minimum Gasteiger partial charge on any atom is -0.481 e. The third-order valence-electron chi connectivity index (χ3n) is 3.36. The van der Waals surface area contributed by atoms with Crippen LogP contribution in [-0.2, 0) is 14.4 Å². The molecule has 0 saturated carbocycles. The molecule has 9 nitrogen and oxygen atoms in total. The lowest BCUT2D eigenvalue weighted by Gasteiger charge is -2.18. The third-order valence-corrected chi connectivity index (χ3v) is 3.36. The average Bonchev–Trinajstić information content (AvgIpc) is 2.53. The maximum atomic E-state index is 10.3. The molecule has 0 bridgehead atoms. The van der Waals surface area contributed by atoms with E-state index >= 15 is 0 Å². The Labute approximate surface area is 144 Å². The normalized spacial score (nSPS) is 13.1. The number of nitrogens with one attached hydrogen (secondary N) is 1. The second-order valence-corrected chi connectivity index (χ2v) is 5.41. The molecule has 0 saturated heterocycles. The Balaban J connectivity index is 0.000000462. The molecule has 0 heterocycles. The fourth-order valence-electron chi connectivity index (χ4n) is 1.81. The second-order valence-electron chi connectivity index (χ2n) is 5.41. The predicted molar refractivity (Wildman–Crippen MR) is 87.0 cm³/mol. The molecule has 1 aromatic rings. The van der Waals surface area contributed by atoms with E-state index in [1.165, 1.54) is 0 Å². The molecule has 1 rings (SSSR count). The molecule has 0 aliphatic heterocycles. The van der Waals surface area contributed by atoms with Gasteiger partial charge in [-0.15, -0.1) is 0 Å². The first-order valence-corrected chi connectivity index (χ1v) is 7.33. The van der Waals surface area contributed by atoms with Gasteiger partial charge in [0, 0.05) is 6.04 Å². The standard InChI is InChI=1S/C10H15NO.C6H8O7/c1-8(11-2)10(12)9-6-4-3-5-7-9;7-3(8)1-6(13,5(11)12)2-4(9)10/h3-8,10-12H,1-2H3;13H,1-2H2,(H,7,8)(H,9,10)(H,11,12)/t8-,10+;/m0./s1. The number of hydrogen-bond acceptors (Lipinski definition) is 6. The molecule has 0 unspecified atom stereocenters. The van der Waals surface area contributed by atoms with Crippen molar-refractivity contribution in [2.45, 2.75) is 37.5 Å². The van der Waals surface area contributed by atoms with Gasteiger partial charge in [0.15, 0.2) is 5.60 Å². The van der Waals surface area contributed by atoms with Crippen molar-refractivity contribution in [3.05, 3.63) is 35.9 Å². The smallest absolute Gasteiger partial charge is 0.336 e. The highest BCUT2D eigenvalue weighted by molar-refractivity contribution is 5.88. The van der Waals surface area contributed by atoms with Crippen molar-refractivity contribution in [1.82, 2.24) is 5.32 Å². The van der Waals surface area contributed by atoms with Crippen molar-refractivity contribution in [3.8, 4) is 0 Å². The Morgan fingerprint density at radius 1 is 1.04 bits per heavy atom. The van der Waals surface area contributed by atoms with E-state index in [0.29, 0.717) is 0 Å². The minimum absolute atomic E-state index is 0.0902. The number of aliphatic carboxylic acids is 3. The van der Waals surface area contributed by atoms with Gasteiger partial charge in [0.2, 0.25) is 0 Å². The van der Waals surface area contributed by atoms with Gasteiger partial charge in [-0.1, -0.05) is 30.3 Å². The lowest BCUT2D eigenvalue weighted by molar-refractivity contribution is -0.170. The van der Waals surface area contributed by atoms with Crippen LogP contribution in [-0.4, -0.2) is 62.1 Å². The average molecular weight is 357 g/mol. The molecule has 0 aromatic heterocycles. The summed E-state index contributed by atoms with van der Waals surface area (Å²) in [4.78, 5) is 30.5. The van der Waals surface area contributed by atoms with Gasteiger partial charge < -0.3 is 30.8 Å². The minimum atomic E-state index is -2.74. The number of carboxylic acid groups (broad SMARTS) is 3. The summed E-state index contributed by atoms with van der Waals surface area (Å²) in [6.45, 7) is 1.96. The topological polar surface area (TPSA) is 164 Å². The highest BCUT2D eigenvalue weighted by Gasteiger charge is 2.40. The van der Waals surface area contributed by atoms with Crippen LogP contribution in [0.3, 0.4) is 0 Å². The summed E-state index contributed by atoms with van der Waals surface area (Å²) in [6, 6.07) is 9.76. The monoisotopic (exact) mass is 357 g/mol. The van der Waals surface area contributed by atoms with Gasteiger partial charge in [0.1, 0.15) is 0 Å². The summed E-state index contributed by atoms with van der Waals surface area (Å²) in [7, 11) is 1.84.